The van der Waals surface area contributed by atoms with Crippen LogP contribution in [0.1, 0.15) is 25.3 Å². The normalized spacial score (nSPS) is 11.9. The molecule has 1 unspecified atom stereocenters. The average Bonchev–Trinajstić information content (AvgIpc) is 2.32. The zero-order valence-corrected chi connectivity index (χ0v) is 11.2. The lowest BCUT2D eigenvalue weighted by atomic mass is 10.1. The largest absolute Gasteiger partial charge is 0.480 e. The van der Waals surface area contributed by atoms with E-state index in [9.17, 15) is 14.0 Å². The first-order valence-electron chi connectivity index (χ1n) is 5.90. The van der Waals surface area contributed by atoms with Gasteiger partial charge in [-0.3, -0.25) is 4.79 Å². The second-order valence-electron chi connectivity index (χ2n) is 4.16. The Bertz CT molecular complexity index is 479. The number of halogens is 2. The van der Waals surface area contributed by atoms with E-state index in [0.717, 1.165) is 6.07 Å². The highest BCUT2D eigenvalue weighted by molar-refractivity contribution is 6.31. The Hall–Kier alpha value is -1.62. The van der Waals surface area contributed by atoms with Crippen LogP contribution in [0.3, 0.4) is 0 Å². The van der Waals surface area contributed by atoms with Gasteiger partial charge in [0.05, 0.1) is 6.42 Å². The van der Waals surface area contributed by atoms with Gasteiger partial charge in [0.1, 0.15) is 11.9 Å². The number of carboxylic acids is 1. The summed E-state index contributed by atoms with van der Waals surface area (Å²) in [5.74, 6) is -2.00. The highest BCUT2D eigenvalue weighted by Gasteiger charge is 2.19. The summed E-state index contributed by atoms with van der Waals surface area (Å²) in [5, 5.41) is 11.5. The van der Waals surface area contributed by atoms with Crippen molar-refractivity contribution in [3.8, 4) is 0 Å². The number of benzene rings is 1. The molecule has 0 saturated carbocycles. The van der Waals surface area contributed by atoms with Crippen LogP contribution in [0.4, 0.5) is 4.39 Å². The van der Waals surface area contributed by atoms with Crippen LogP contribution in [0.25, 0.3) is 0 Å². The van der Waals surface area contributed by atoms with Crippen molar-refractivity contribution >= 4 is 23.5 Å². The molecule has 0 aliphatic rings. The third kappa shape index (κ3) is 4.87. The predicted molar refractivity (Wildman–Crippen MR) is 69.6 cm³/mol. The maximum Gasteiger partial charge on any atom is 0.326 e. The second kappa shape index (κ2) is 7.09. The van der Waals surface area contributed by atoms with Crippen molar-refractivity contribution in [1.29, 1.82) is 0 Å². The predicted octanol–water partition coefficient (Wildman–Crippen LogP) is 2.39. The number of hydrogen-bond donors (Lipinski definition) is 2. The SMILES string of the molecule is CCCC(NC(=O)Cc1ccc(F)cc1Cl)C(=O)O. The molecule has 1 aromatic rings. The summed E-state index contributed by atoms with van der Waals surface area (Å²) in [5.41, 5.74) is 0.459. The number of rotatable bonds is 6. The van der Waals surface area contributed by atoms with Gasteiger partial charge in [0.15, 0.2) is 0 Å². The fourth-order valence-corrected chi connectivity index (χ4v) is 1.86. The number of carbonyl (C=O) groups excluding carboxylic acids is 1. The first-order valence-corrected chi connectivity index (χ1v) is 6.28. The quantitative estimate of drug-likeness (QED) is 0.844. The fraction of sp³-hybridized carbons (Fsp3) is 0.385. The van der Waals surface area contributed by atoms with Crippen LogP contribution in [0.5, 0.6) is 0 Å². The monoisotopic (exact) mass is 287 g/mol. The van der Waals surface area contributed by atoms with Gasteiger partial charge in [0.2, 0.25) is 5.91 Å². The molecule has 2 N–H and O–H groups in total. The number of amides is 1. The van der Waals surface area contributed by atoms with Crippen LogP contribution >= 0.6 is 11.6 Å². The topological polar surface area (TPSA) is 66.4 Å². The standard InChI is InChI=1S/C13H15ClFNO3/c1-2-3-11(13(18)19)16-12(17)6-8-4-5-9(15)7-10(8)14/h4-5,7,11H,2-3,6H2,1H3,(H,16,17)(H,18,19). The van der Waals surface area contributed by atoms with Crippen LogP contribution in [0.2, 0.25) is 5.02 Å². The van der Waals surface area contributed by atoms with Gasteiger partial charge < -0.3 is 10.4 Å². The molecular weight excluding hydrogens is 273 g/mol. The number of aliphatic carboxylic acids is 1. The fourth-order valence-electron chi connectivity index (χ4n) is 1.63. The summed E-state index contributed by atoms with van der Waals surface area (Å²) < 4.78 is 12.8. The molecule has 0 saturated heterocycles. The van der Waals surface area contributed by atoms with Crippen molar-refractivity contribution < 1.29 is 19.1 Å². The lowest BCUT2D eigenvalue weighted by Gasteiger charge is -2.13. The van der Waals surface area contributed by atoms with Gasteiger partial charge in [0, 0.05) is 5.02 Å². The van der Waals surface area contributed by atoms with Crippen molar-refractivity contribution in [2.75, 3.05) is 0 Å². The number of carboxylic acid groups (broad SMARTS) is 1. The molecule has 1 aromatic carbocycles. The van der Waals surface area contributed by atoms with Crippen LogP contribution in [-0.2, 0) is 16.0 Å². The van der Waals surface area contributed by atoms with E-state index >= 15 is 0 Å². The zero-order chi connectivity index (χ0) is 14.4. The summed E-state index contributed by atoms with van der Waals surface area (Å²) in [6.07, 6.45) is 0.930. The van der Waals surface area contributed by atoms with Crippen LogP contribution in [0.15, 0.2) is 18.2 Å². The lowest BCUT2D eigenvalue weighted by Crippen LogP contribution is -2.41. The molecule has 0 aliphatic carbocycles. The minimum atomic E-state index is -1.07. The highest BCUT2D eigenvalue weighted by Crippen LogP contribution is 2.17. The summed E-state index contributed by atoms with van der Waals surface area (Å²) in [7, 11) is 0. The Morgan fingerprint density at radius 3 is 2.68 bits per heavy atom. The van der Waals surface area contributed by atoms with E-state index in [1.165, 1.54) is 12.1 Å². The van der Waals surface area contributed by atoms with E-state index in [-0.39, 0.29) is 11.4 Å². The van der Waals surface area contributed by atoms with E-state index in [1.54, 1.807) is 0 Å². The van der Waals surface area contributed by atoms with E-state index in [2.05, 4.69) is 5.32 Å². The first kappa shape index (κ1) is 15.4. The molecular formula is C13H15ClFNO3. The smallest absolute Gasteiger partial charge is 0.326 e. The number of hydrogen-bond acceptors (Lipinski definition) is 2. The van der Waals surface area contributed by atoms with Crippen LogP contribution in [0, 0.1) is 5.82 Å². The Labute approximate surface area is 115 Å². The van der Waals surface area contributed by atoms with Gasteiger partial charge in [-0.05, 0) is 24.1 Å². The summed E-state index contributed by atoms with van der Waals surface area (Å²) in [4.78, 5) is 22.6. The van der Waals surface area contributed by atoms with E-state index in [1.807, 2.05) is 6.92 Å². The first-order chi connectivity index (χ1) is 8.93. The second-order valence-corrected chi connectivity index (χ2v) is 4.57. The van der Waals surface area contributed by atoms with Gasteiger partial charge in [-0.2, -0.15) is 0 Å². The minimum Gasteiger partial charge on any atom is -0.480 e. The molecule has 1 rings (SSSR count). The molecule has 0 aliphatic heterocycles. The molecule has 0 aromatic heterocycles. The lowest BCUT2D eigenvalue weighted by molar-refractivity contribution is -0.141. The molecule has 0 radical (unpaired) electrons. The van der Waals surface area contributed by atoms with Crippen molar-refractivity contribution in [2.45, 2.75) is 32.2 Å². The zero-order valence-electron chi connectivity index (χ0n) is 10.5. The van der Waals surface area contributed by atoms with Gasteiger partial charge in [-0.25, -0.2) is 9.18 Å². The van der Waals surface area contributed by atoms with Gasteiger partial charge >= 0.3 is 5.97 Å². The van der Waals surface area contributed by atoms with Crippen LogP contribution < -0.4 is 5.32 Å². The minimum absolute atomic E-state index is 0.0768. The molecule has 4 nitrogen and oxygen atoms in total. The van der Waals surface area contributed by atoms with Crippen molar-refractivity contribution in [1.82, 2.24) is 5.32 Å². The molecule has 104 valence electrons. The molecule has 0 fully saturated rings. The average molecular weight is 288 g/mol. The summed E-state index contributed by atoms with van der Waals surface area (Å²) >= 11 is 5.80. The summed E-state index contributed by atoms with van der Waals surface area (Å²) in [6, 6.07) is 2.82. The summed E-state index contributed by atoms with van der Waals surface area (Å²) in [6.45, 7) is 1.83. The Morgan fingerprint density at radius 1 is 1.47 bits per heavy atom. The van der Waals surface area contributed by atoms with Crippen molar-refractivity contribution in [3.63, 3.8) is 0 Å². The maximum atomic E-state index is 12.8. The van der Waals surface area contributed by atoms with E-state index in [0.29, 0.717) is 18.4 Å². The Balaban J connectivity index is 2.66. The van der Waals surface area contributed by atoms with Crippen molar-refractivity contribution in [2.24, 2.45) is 0 Å². The van der Waals surface area contributed by atoms with Gasteiger partial charge in [-0.1, -0.05) is 31.0 Å². The molecule has 1 amide bonds. The molecule has 19 heavy (non-hydrogen) atoms. The Morgan fingerprint density at radius 2 is 2.16 bits per heavy atom. The van der Waals surface area contributed by atoms with Crippen LogP contribution in [-0.4, -0.2) is 23.0 Å². The number of carbonyl (C=O) groups is 2. The van der Waals surface area contributed by atoms with Gasteiger partial charge in [0.25, 0.3) is 0 Å². The number of nitrogens with one attached hydrogen (secondary N) is 1. The molecule has 0 bridgehead atoms. The molecule has 0 spiro atoms. The van der Waals surface area contributed by atoms with E-state index < -0.39 is 23.7 Å². The molecule has 0 heterocycles. The van der Waals surface area contributed by atoms with Gasteiger partial charge in [-0.15, -0.1) is 0 Å². The van der Waals surface area contributed by atoms with Crippen molar-refractivity contribution in [3.05, 3.63) is 34.6 Å². The van der Waals surface area contributed by atoms with E-state index in [4.69, 9.17) is 16.7 Å². The third-order valence-electron chi connectivity index (χ3n) is 2.58. The highest BCUT2D eigenvalue weighted by atomic mass is 35.5. The maximum absolute atomic E-state index is 12.8. The molecule has 1 atom stereocenters. The third-order valence-corrected chi connectivity index (χ3v) is 2.93. The Kier molecular flexibility index (Phi) is 5.76. The molecule has 6 heteroatoms.